The Hall–Kier alpha value is -0.700. The van der Waals surface area contributed by atoms with Crippen LogP contribution in [0.15, 0.2) is 0 Å². The van der Waals surface area contributed by atoms with E-state index in [1.165, 1.54) is 4.31 Å². The topological polar surface area (TPSA) is 76.2 Å². The zero-order valence-corrected chi connectivity index (χ0v) is 11.9. The van der Waals surface area contributed by atoms with Gasteiger partial charge in [-0.15, -0.1) is 0 Å². The zero-order valence-electron chi connectivity index (χ0n) is 11.1. The molecule has 1 amide bonds. The summed E-state index contributed by atoms with van der Waals surface area (Å²) in [7, 11) is -3.16. The maximum absolute atomic E-state index is 12.1. The minimum atomic E-state index is -3.16. The number of hydrogen-bond acceptors (Lipinski definition) is 5. The van der Waals surface area contributed by atoms with Gasteiger partial charge < -0.3 is 14.4 Å². The highest BCUT2D eigenvalue weighted by Crippen LogP contribution is 2.11. The summed E-state index contributed by atoms with van der Waals surface area (Å²) >= 11 is 0. The highest BCUT2D eigenvalue weighted by atomic mass is 32.2. The quantitative estimate of drug-likeness (QED) is 0.660. The molecule has 0 aromatic heterocycles. The molecule has 0 radical (unpaired) electrons. The smallest absolute Gasteiger partial charge is 0.254 e. The van der Waals surface area contributed by atoms with Crippen molar-refractivity contribution in [3.8, 4) is 0 Å². The average Bonchev–Trinajstić information content (AvgIpc) is 2.47. The first kappa shape index (κ1) is 14.7. The average molecular weight is 292 g/mol. The van der Waals surface area contributed by atoms with Crippen molar-refractivity contribution in [1.82, 2.24) is 9.21 Å². The minimum Gasteiger partial charge on any atom is -0.376 e. The van der Waals surface area contributed by atoms with Crippen molar-refractivity contribution < 1.29 is 22.7 Å². The number of carbonyl (C=O) groups excluding carboxylic acids is 1. The van der Waals surface area contributed by atoms with Gasteiger partial charge in [0, 0.05) is 26.2 Å². The summed E-state index contributed by atoms with van der Waals surface area (Å²) in [5.74, 6) is -0.00573. The number of rotatable bonds is 3. The Bertz CT molecular complexity index is 411. The number of carbonyl (C=O) groups is 1. The van der Waals surface area contributed by atoms with E-state index in [2.05, 4.69) is 0 Å². The summed E-state index contributed by atoms with van der Waals surface area (Å²) in [6, 6.07) is 0. The Morgan fingerprint density at radius 2 is 1.89 bits per heavy atom. The number of ether oxygens (including phenoxy) is 2. The fraction of sp³-hybridized carbons (Fsp3) is 0.909. The third-order valence-electron chi connectivity index (χ3n) is 3.40. The Balaban J connectivity index is 1.87. The number of piperazine rings is 1. The molecule has 19 heavy (non-hydrogen) atoms. The highest BCUT2D eigenvalue weighted by Gasteiger charge is 2.32. The Kier molecular flexibility index (Phi) is 4.77. The summed E-state index contributed by atoms with van der Waals surface area (Å²) in [6.45, 7) is 4.40. The van der Waals surface area contributed by atoms with Crippen LogP contribution in [0.5, 0.6) is 0 Å². The van der Waals surface area contributed by atoms with Crippen LogP contribution in [-0.2, 0) is 24.3 Å². The summed E-state index contributed by atoms with van der Waals surface area (Å²) in [5.41, 5.74) is 0. The predicted molar refractivity (Wildman–Crippen MR) is 68.2 cm³/mol. The Morgan fingerprint density at radius 3 is 2.42 bits per heavy atom. The van der Waals surface area contributed by atoms with E-state index >= 15 is 0 Å². The normalized spacial score (nSPS) is 26.4. The molecule has 110 valence electrons. The summed E-state index contributed by atoms with van der Waals surface area (Å²) in [4.78, 5) is 13.8. The van der Waals surface area contributed by atoms with Gasteiger partial charge in [0.2, 0.25) is 10.0 Å². The van der Waals surface area contributed by atoms with E-state index in [0.717, 1.165) is 0 Å². The number of sulfonamides is 1. The molecule has 2 saturated heterocycles. The molecule has 1 atom stereocenters. The molecule has 0 aromatic rings. The van der Waals surface area contributed by atoms with Crippen molar-refractivity contribution in [3.05, 3.63) is 0 Å². The van der Waals surface area contributed by atoms with Crippen molar-refractivity contribution in [2.75, 3.05) is 51.8 Å². The van der Waals surface area contributed by atoms with Gasteiger partial charge in [0.15, 0.2) is 6.10 Å². The molecule has 2 rings (SSSR count). The molecule has 0 aromatic carbocycles. The van der Waals surface area contributed by atoms with Crippen LogP contribution in [0.3, 0.4) is 0 Å². The lowest BCUT2D eigenvalue weighted by Gasteiger charge is -2.36. The maximum Gasteiger partial charge on any atom is 0.254 e. The molecule has 2 heterocycles. The van der Waals surface area contributed by atoms with Gasteiger partial charge in [-0.05, 0) is 6.92 Å². The minimum absolute atomic E-state index is 0.0977. The van der Waals surface area contributed by atoms with E-state index in [1.807, 2.05) is 0 Å². The van der Waals surface area contributed by atoms with Gasteiger partial charge in [0.25, 0.3) is 5.91 Å². The van der Waals surface area contributed by atoms with Gasteiger partial charge in [0.1, 0.15) is 0 Å². The lowest BCUT2D eigenvalue weighted by Crippen LogP contribution is -2.54. The maximum atomic E-state index is 12.1. The second-order valence-electron chi connectivity index (χ2n) is 4.56. The van der Waals surface area contributed by atoms with Crippen LogP contribution in [0.25, 0.3) is 0 Å². The molecule has 8 heteroatoms. The zero-order chi connectivity index (χ0) is 13.9. The summed E-state index contributed by atoms with van der Waals surface area (Å²) in [5, 5.41) is 0. The second kappa shape index (κ2) is 6.17. The standard InChI is InChI=1S/C11H20N2O5S/c1-2-19(15,16)13-5-3-12(4-6-13)11(14)10-9-17-7-8-18-10/h10H,2-9H2,1H3. The molecule has 7 nitrogen and oxygen atoms in total. The number of amides is 1. The fourth-order valence-corrected chi connectivity index (χ4v) is 3.29. The van der Waals surface area contributed by atoms with Crippen LogP contribution in [0.1, 0.15) is 6.92 Å². The van der Waals surface area contributed by atoms with Crippen molar-refractivity contribution in [1.29, 1.82) is 0 Å². The van der Waals surface area contributed by atoms with Crippen molar-refractivity contribution in [2.45, 2.75) is 13.0 Å². The molecule has 1 unspecified atom stereocenters. The van der Waals surface area contributed by atoms with Gasteiger partial charge in [-0.1, -0.05) is 0 Å². The van der Waals surface area contributed by atoms with Gasteiger partial charge in [-0.3, -0.25) is 4.79 Å². The molecule has 0 aliphatic carbocycles. The van der Waals surface area contributed by atoms with Crippen LogP contribution in [0, 0.1) is 0 Å². The van der Waals surface area contributed by atoms with Crippen molar-refractivity contribution in [2.24, 2.45) is 0 Å². The van der Waals surface area contributed by atoms with Crippen LogP contribution in [-0.4, -0.2) is 81.4 Å². The number of hydrogen-bond donors (Lipinski definition) is 0. The van der Waals surface area contributed by atoms with Crippen molar-refractivity contribution >= 4 is 15.9 Å². The molecule has 2 aliphatic rings. The monoisotopic (exact) mass is 292 g/mol. The van der Waals surface area contributed by atoms with Crippen LogP contribution in [0.4, 0.5) is 0 Å². The van der Waals surface area contributed by atoms with E-state index in [9.17, 15) is 13.2 Å². The van der Waals surface area contributed by atoms with E-state index < -0.39 is 16.1 Å². The molecule has 0 spiro atoms. The summed E-state index contributed by atoms with van der Waals surface area (Å²) < 4.78 is 35.4. The Labute approximate surface area is 113 Å². The molecule has 0 saturated carbocycles. The first-order chi connectivity index (χ1) is 9.04. The van der Waals surface area contributed by atoms with Gasteiger partial charge in [0.05, 0.1) is 25.6 Å². The SMILES string of the molecule is CCS(=O)(=O)N1CCN(C(=O)C2COCCO2)CC1. The van der Waals surface area contributed by atoms with E-state index in [4.69, 9.17) is 9.47 Å². The lowest BCUT2D eigenvalue weighted by atomic mass is 10.2. The van der Waals surface area contributed by atoms with E-state index in [0.29, 0.717) is 39.4 Å². The van der Waals surface area contributed by atoms with E-state index in [-0.39, 0.29) is 18.3 Å². The predicted octanol–water partition coefficient (Wildman–Crippen LogP) is -1.10. The fourth-order valence-electron chi connectivity index (χ4n) is 2.20. The highest BCUT2D eigenvalue weighted by molar-refractivity contribution is 7.89. The molecular formula is C11H20N2O5S. The van der Waals surface area contributed by atoms with Crippen LogP contribution in [0.2, 0.25) is 0 Å². The van der Waals surface area contributed by atoms with Crippen molar-refractivity contribution in [3.63, 3.8) is 0 Å². The largest absolute Gasteiger partial charge is 0.376 e. The van der Waals surface area contributed by atoms with Gasteiger partial charge in [-0.2, -0.15) is 4.31 Å². The second-order valence-corrected chi connectivity index (χ2v) is 6.82. The van der Waals surface area contributed by atoms with Crippen LogP contribution < -0.4 is 0 Å². The number of nitrogens with zero attached hydrogens (tertiary/aromatic N) is 2. The third-order valence-corrected chi connectivity index (χ3v) is 5.28. The molecule has 2 aliphatic heterocycles. The van der Waals surface area contributed by atoms with Gasteiger partial charge >= 0.3 is 0 Å². The van der Waals surface area contributed by atoms with Gasteiger partial charge in [-0.25, -0.2) is 8.42 Å². The first-order valence-electron chi connectivity index (χ1n) is 6.50. The lowest BCUT2D eigenvalue weighted by molar-refractivity contribution is -0.159. The molecule has 0 N–H and O–H groups in total. The summed E-state index contributed by atoms with van der Waals surface area (Å²) in [6.07, 6.45) is -0.539. The molecular weight excluding hydrogens is 272 g/mol. The molecule has 0 bridgehead atoms. The van der Waals surface area contributed by atoms with Crippen LogP contribution >= 0.6 is 0 Å². The third kappa shape index (κ3) is 3.44. The molecule has 2 fully saturated rings. The Morgan fingerprint density at radius 1 is 1.21 bits per heavy atom. The van der Waals surface area contributed by atoms with E-state index in [1.54, 1.807) is 11.8 Å². The first-order valence-corrected chi connectivity index (χ1v) is 8.11.